The van der Waals surface area contributed by atoms with Gasteiger partial charge in [-0.1, -0.05) is 18.2 Å². The van der Waals surface area contributed by atoms with Gasteiger partial charge in [0, 0.05) is 44.5 Å². The Morgan fingerprint density at radius 1 is 1.19 bits per heavy atom. The number of pyridine rings is 1. The van der Waals surface area contributed by atoms with E-state index in [4.69, 9.17) is 4.74 Å². The third-order valence-corrected chi connectivity index (χ3v) is 4.56. The first-order valence-electron chi connectivity index (χ1n) is 8.95. The Kier molecular flexibility index (Phi) is 6.68. The number of halogens is 1. The molecule has 3 rings (SSSR count). The van der Waals surface area contributed by atoms with Crippen LogP contribution in [-0.2, 0) is 16.0 Å². The highest BCUT2D eigenvalue weighted by Gasteiger charge is 2.22. The number of benzene rings is 1. The molecule has 1 amide bonds. The van der Waals surface area contributed by atoms with E-state index in [1.165, 1.54) is 12.1 Å². The number of carbonyl (C=O) groups is 1. The standard InChI is InChI=1S/C20H24FN3O2/c21-17-6-4-16(5-7-17)19(15-18-3-1-2-8-22-18)20(25)23-9-10-24-11-13-26-14-12-24/h1-8,19H,9-15H2,(H,23,25). The maximum Gasteiger partial charge on any atom is 0.227 e. The Hall–Kier alpha value is -2.31. The largest absolute Gasteiger partial charge is 0.379 e. The van der Waals surface area contributed by atoms with E-state index in [1.54, 1.807) is 18.3 Å². The maximum atomic E-state index is 13.3. The van der Waals surface area contributed by atoms with E-state index in [-0.39, 0.29) is 11.7 Å². The number of amides is 1. The number of aromatic nitrogens is 1. The van der Waals surface area contributed by atoms with Crippen molar-refractivity contribution < 1.29 is 13.9 Å². The van der Waals surface area contributed by atoms with E-state index in [2.05, 4.69) is 15.2 Å². The summed E-state index contributed by atoms with van der Waals surface area (Å²) in [6.45, 7) is 4.65. The number of hydrogen-bond acceptors (Lipinski definition) is 4. The van der Waals surface area contributed by atoms with Crippen LogP contribution in [-0.4, -0.2) is 55.2 Å². The van der Waals surface area contributed by atoms with Gasteiger partial charge >= 0.3 is 0 Å². The second kappa shape index (κ2) is 9.40. The summed E-state index contributed by atoms with van der Waals surface area (Å²) in [5.41, 5.74) is 1.63. The molecule has 1 aliphatic heterocycles. The quantitative estimate of drug-likeness (QED) is 0.824. The molecule has 0 saturated carbocycles. The predicted molar refractivity (Wildman–Crippen MR) is 97.4 cm³/mol. The molecule has 2 aromatic rings. The number of nitrogens with one attached hydrogen (secondary N) is 1. The molecule has 1 saturated heterocycles. The van der Waals surface area contributed by atoms with Crippen LogP contribution in [0.4, 0.5) is 4.39 Å². The van der Waals surface area contributed by atoms with Crippen molar-refractivity contribution in [2.24, 2.45) is 0 Å². The van der Waals surface area contributed by atoms with E-state index in [1.807, 2.05) is 18.2 Å². The van der Waals surface area contributed by atoms with E-state index in [0.717, 1.165) is 44.1 Å². The zero-order valence-corrected chi connectivity index (χ0v) is 14.7. The zero-order chi connectivity index (χ0) is 18.2. The van der Waals surface area contributed by atoms with Crippen LogP contribution in [0.15, 0.2) is 48.7 Å². The fourth-order valence-electron chi connectivity index (χ4n) is 3.07. The van der Waals surface area contributed by atoms with Crippen LogP contribution < -0.4 is 5.32 Å². The minimum absolute atomic E-state index is 0.0597. The number of carbonyl (C=O) groups excluding carboxylic acids is 1. The molecule has 0 spiro atoms. The van der Waals surface area contributed by atoms with Gasteiger partial charge in [-0.05, 0) is 29.8 Å². The molecule has 1 aromatic carbocycles. The first-order chi connectivity index (χ1) is 12.7. The van der Waals surface area contributed by atoms with Crippen LogP contribution in [0, 0.1) is 5.82 Å². The third-order valence-electron chi connectivity index (χ3n) is 4.56. The van der Waals surface area contributed by atoms with E-state index in [0.29, 0.717) is 13.0 Å². The Bertz CT molecular complexity index is 688. The molecule has 1 aromatic heterocycles. The molecule has 1 unspecified atom stereocenters. The lowest BCUT2D eigenvalue weighted by Gasteiger charge is -2.27. The van der Waals surface area contributed by atoms with Crippen molar-refractivity contribution in [1.29, 1.82) is 0 Å². The Balaban J connectivity index is 1.63. The van der Waals surface area contributed by atoms with Crippen molar-refractivity contribution in [3.63, 3.8) is 0 Å². The molecule has 1 N–H and O–H groups in total. The van der Waals surface area contributed by atoms with Crippen molar-refractivity contribution in [3.8, 4) is 0 Å². The highest BCUT2D eigenvalue weighted by atomic mass is 19.1. The molecule has 138 valence electrons. The minimum Gasteiger partial charge on any atom is -0.379 e. The summed E-state index contributed by atoms with van der Waals surface area (Å²) < 4.78 is 18.6. The predicted octanol–water partition coefficient (Wildman–Crippen LogP) is 2.00. The number of nitrogens with zero attached hydrogens (tertiary/aromatic N) is 2. The molecule has 5 nitrogen and oxygen atoms in total. The maximum absolute atomic E-state index is 13.3. The van der Waals surface area contributed by atoms with Gasteiger partial charge in [0.25, 0.3) is 0 Å². The number of rotatable bonds is 7. The number of ether oxygens (including phenoxy) is 1. The smallest absolute Gasteiger partial charge is 0.227 e. The second-order valence-electron chi connectivity index (χ2n) is 6.37. The lowest BCUT2D eigenvalue weighted by atomic mass is 9.93. The molecule has 0 aliphatic carbocycles. The Morgan fingerprint density at radius 3 is 2.65 bits per heavy atom. The zero-order valence-electron chi connectivity index (χ0n) is 14.7. The minimum atomic E-state index is -0.393. The Labute approximate surface area is 153 Å². The fraction of sp³-hybridized carbons (Fsp3) is 0.400. The van der Waals surface area contributed by atoms with Gasteiger partial charge in [-0.15, -0.1) is 0 Å². The fourth-order valence-corrected chi connectivity index (χ4v) is 3.07. The normalized spacial score (nSPS) is 16.2. The van der Waals surface area contributed by atoms with Gasteiger partial charge in [-0.25, -0.2) is 4.39 Å². The Morgan fingerprint density at radius 2 is 1.96 bits per heavy atom. The average molecular weight is 357 g/mol. The van der Waals surface area contributed by atoms with Crippen molar-refractivity contribution in [2.45, 2.75) is 12.3 Å². The topological polar surface area (TPSA) is 54.5 Å². The number of morpholine rings is 1. The van der Waals surface area contributed by atoms with Crippen LogP contribution in [0.25, 0.3) is 0 Å². The molecule has 0 bridgehead atoms. The summed E-state index contributed by atoms with van der Waals surface area (Å²) in [6.07, 6.45) is 2.20. The van der Waals surface area contributed by atoms with Crippen LogP contribution >= 0.6 is 0 Å². The number of hydrogen-bond donors (Lipinski definition) is 1. The molecule has 26 heavy (non-hydrogen) atoms. The van der Waals surface area contributed by atoms with E-state index >= 15 is 0 Å². The van der Waals surface area contributed by atoms with E-state index < -0.39 is 5.92 Å². The van der Waals surface area contributed by atoms with Crippen molar-refractivity contribution >= 4 is 5.91 Å². The van der Waals surface area contributed by atoms with Crippen molar-refractivity contribution in [3.05, 3.63) is 65.7 Å². The highest BCUT2D eigenvalue weighted by Crippen LogP contribution is 2.21. The summed E-state index contributed by atoms with van der Waals surface area (Å²) in [4.78, 5) is 19.4. The summed E-state index contributed by atoms with van der Waals surface area (Å²) in [5.74, 6) is -0.760. The molecule has 0 radical (unpaired) electrons. The molecule has 1 atom stereocenters. The summed E-state index contributed by atoms with van der Waals surface area (Å²) in [6, 6.07) is 11.8. The SMILES string of the molecule is O=C(NCCN1CCOCC1)C(Cc1ccccn1)c1ccc(F)cc1. The van der Waals surface area contributed by atoms with E-state index in [9.17, 15) is 9.18 Å². The first kappa shape index (κ1) is 18.5. The van der Waals surface area contributed by atoms with Crippen LogP contribution in [0.1, 0.15) is 17.2 Å². The van der Waals surface area contributed by atoms with Crippen molar-refractivity contribution in [1.82, 2.24) is 15.2 Å². The summed E-state index contributed by atoms with van der Waals surface area (Å²) in [5, 5.41) is 3.02. The monoisotopic (exact) mass is 357 g/mol. The van der Waals surface area contributed by atoms with Gasteiger partial charge in [0.1, 0.15) is 5.82 Å². The van der Waals surface area contributed by atoms with Gasteiger partial charge in [0.2, 0.25) is 5.91 Å². The summed E-state index contributed by atoms with van der Waals surface area (Å²) >= 11 is 0. The second-order valence-corrected chi connectivity index (χ2v) is 6.37. The van der Waals surface area contributed by atoms with Gasteiger partial charge < -0.3 is 10.1 Å². The van der Waals surface area contributed by atoms with Crippen LogP contribution in [0.5, 0.6) is 0 Å². The van der Waals surface area contributed by atoms with Crippen molar-refractivity contribution in [2.75, 3.05) is 39.4 Å². The molecule has 1 fully saturated rings. The lowest BCUT2D eigenvalue weighted by molar-refractivity contribution is -0.122. The summed E-state index contributed by atoms with van der Waals surface area (Å²) in [7, 11) is 0. The van der Waals surface area contributed by atoms with Gasteiger partial charge in [0.15, 0.2) is 0 Å². The lowest BCUT2D eigenvalue weighted by Crippen LogP contribution is -2.42. The molecule has 6 heteroatoms. The van der Waals surface area contributed by atoms with Crippen LogP contribution in [0.3, 0.4) is 0 Å². The average Bonchev–Trinajstić information content (AvgIpc) is 2.68. The third kappa shape index (κ3) is 5.34. The molecular formula is C20H24FN3O2. The molecule has 2 heterocycles. The van der Waals surface area contributed by atoms with Gasteiger partial charge in [0.05, 0.1) is 19.1 Å². The molecular weight excluding hydrogens is 333 g/mol. The first-order valence-corrected chi connectivity index (χ1v) is 8.95. The molecule has 1 aliphatic rings. The van der Waals surface area contributed by atoms with Crippen LogP contribution in [0.2, 0.25) is 0 Å². The van der Waals surface area contributed by atoms with Gasteiger partial charge in [-0.2, -0.15) is 0 Å². The van der Waals surface area contributed by atoms with Gasteiger partial charge in [-0.3, -0.25) is 14.7 Å². The highest BCUT2D eigenvalue weighted by molar-refractivity contribution is 5.83.